The summed E-state index contributed by atoms with van der Waals surface area (Å²) >= 11 is 0. The van der Waals surface area contributed by atoms with Gasteiger partial charge in [-0.1, -0.05) is 60.7 Å². The Labute approximate surface area is 206 Å². The number of carbonyl (C=O) groups excluding carboxylic acids is 1. The molecular weight excluding hydrogens is 466 g/mol. The average Bonchev–Trinajstić information content (AvgIpc) is 2.86. The zero-order chi connectivity index (χ0) is 25.1. The summed E-state index contributed by atoms with van der Waals surface area (Å²) in [5.74, 6) is 0.333. The highest BCUT2D eigenvalue weighted by molar-refractivity contribution is 7.92. The van der Waals surface area contributed by atoms with E-state index in [0.29, 0.717) is 30.0 Å². The van der Waals surface area contributed by atoms with E-state index >= 15 is 0 Å². The molecule has 0 amide bonds. The van der Waals surface area contributed by atoms with Crippen molar-refractivity contribution in [3.63, 3.8) is 0 Å². The molecule has 2 N–H and O–H groups in total. The van der Waals surface area contributed by atoms with Crippen LogP contribution in [0.4, 0.5) is 5.69 Å². The normalized spacial score (nSPS) is 12.3. The Balaban J connectivity index is 1.57. The Bertz CT molecular complexity index is 1240. The van der Waals surface area contributed by atoms with E-state index in [2.05, 4.69) is 4.72 Å². The summed E-state index contributed by atoms with van der Waals surface area (Å²) in [6.45, 7) is 2.13. The minimum absolute atomic E-state index is 0.0211. The zero-order valence-electron chi connectivity index (χ0n) is 19.5. The molecule has 0 radical (unpaired) electrons. The van der Waals surface area contributed by atoms with Gasteiger partial charge in [-0.05, 0) is 54.8 Å². The molecule has 0 aliphatic heterocycles. The second kappa shape index (κ2) is 12.7. The maximum atomic E-state index is 12.5. The maximum Gasteiger partial charge on any atom is 0.306 e. The highest BCUT2D eigenvalue weighted by Crippen LogP contribution is 2.21. The van der Waals surface area contributed by atoms with Crippen molar-refractivity contribution in [3.8, 4) is 5.75 Å². The number of aryl methyl sites for hydroxylation is 1. The largest absolute Gasteiger partial charge is 0.490 e. The number of carbonyl (C=O) groups is 1. The van der Waals surface area contributed by atoms with Crippen molar-refractivity contribution < 1.29 is 27.8 Å². The molecule has 3 aromatic carbocycles. The van der Waals surface area contributed by atoms with Crippen LogP contribution in [0.5, 0.6) is 5.75 Å². The van der Waals surface area contributed by atoms with Crippen LogP contribution in [0.25, 0.3) is 6.08 Å². The molecule has 184 valence electrons. The fourth-order valence-electron chi connectivity index (χ4n) is 3.29. The van der Waals surface area contributed by atoms with Crippen molar-refractivity contribution in [3.05, 3.63) is 96.1 Å². The predicted octanol–water partition coefficient (Wildman–Crippen LogP) is 4.44. The van der Waals surface area contributed by atoms with Crippen molar-refractivity contribution in [2.75, 3.05) is 17.9 Å². The van der Waals surface area contributed by atoms with Crippen LogP contribution < -0.4 is 9.46 Å². The van der Waals surface area contributed by atoms with E-state index in [9.17, 15) is 18.3 Å². The molecule has 8 heteroatoms. The monoisotopic (exact) mass is 495 g/mol. The summed E-state index contributed by atoms with van der Waals surface area (Å²) in [5, 5.41) is 10.4. The summed E-state index contributed by atoms with van der Waals surface area (Å²) in [4.78, 5) is 11.8. The quantitative estimate of drug-likeness (QED) is 0.360. The summed E-state index contributed by atoms with van der Waals surface area (Å²) in [7, 11) is -3.69. The van der Waals surface area contributed by atoms with Gasteiger partial charge in [0.15, 0.2) is 0 Å². The lowest BCUT2D eigenvalue weighted by Crippen LogP contribution is -2.15. The lowest BCUT2D eigenvalue weighted by molar-refractivity contribution is -0.143. The van der Waals surface area contributed by atoms with Gasteiger partial charge in [-0.3, -0.25) is 9.52 Å². The molecule has 3 rings (SSSR count). The highest BCUT2D eigenvalue weighted by Gasteiger charge is 2.13. The molecule has 0 heterocycles. The molecule has 7 nitrogen and oxygen atoms in total. The van der Waals surface area contributed by atoms with Crippen LogP contribution in [-0.2, 0) is 26.0 Å². The second-order valence-corrected chi connectivity index (χ2v) is 9.38. The molecule has 35 heavy (non-hydrogen) atoms. The molecule has 3 aromatic rings. The first-order valence-corrected chi connectivity index (χ1v) is 12.8. The summed E-state index contributed by atoms with van der Waals surface area (Å²) < 4.78 is 38.4. The number of aliphatic hydroxyl groups excluding tert-OH is 1. The Morgan fingerprint density at radius 2 is 1.77 bits per heavy atom. The van der Waals surface area contributed by atoms with Crippen LogP contribution in [0.3, 0.4) is 0 Å². The number of hydrogen-bond acceptors (Lipinski definition) is 6. The number of ether oxygens (including phenoxy) is 2. The van der Waals surface area contributed by atoms with Crippen LogP contribution >= 0.6 is 0 Å². The predicted molar refractivity (Wildman–Crippen MR) is 136 cm³/mol. The summed E-state index contributed by atoms with van der Waals surface area (Å²) in [6.07, 6.45) is 3.11. The Morgan fingerprint density at radius 3 is 2.54 bits per heavy atom. The molecule has 0 aliphatic carbocycles. The first-order chi connectivity index (χ1) is 16.9. The number of hydrogen-bond donors (Lipinski definition) is 2. The van der Waals surface area contributed by atoms with Crippen LogP contribution in [0.1, 0.15) is 24.5 Å². The number of nitrogens with one attached hydrogen (secondary N) is 1. The van der Waals surface area contributed by atoms with Gasteiger partial charge in [0.05, 0.1) is 11.5 Å². The number of sulfonamides is 1. The van der Waals surface area contributed by atoms with Gasteiger partial charge in [-0.25, -0.2) is 8.42 Å². The van der Waals surface area contributed by atoms with E-state index < -0.39 is 16.1 Å². The molecule has 0 saturated carbocycles. The van der Waals surface area contributed by atoms with Crippen LogP contribution in [0.2, 0.25) is 0 Å². The molecule has 0 bridgehead atoms. The van der Waals surface area contributed by atoms with Crippen molar-refractivity contribution in [2.45, 2.75) is 30.8 Å². The number of aliphatic hydroxyl groups is 1. The number of anilines is 1. The van der Waals surface area contributed by atoms with Gasteiger partial charge >= 0.3 is 5.97 Å². The first kappa shape index (κ1) is 26.0. The third-order valence-electron chi connectivity index (χ3n) is 4.99. The number of benzene rings is 3. The molecular formula is C27H29NO6S. The lowest BCUT2D eigenvalue weighted by atomic mass is 10.1. The Kier molecular flexibility index (Phi) is 9.46. The SMILES string of the molecule is CCOC(=O)CCc1ccccc1OCC(O)/C=C/c1cccc(NS(=O)(=O)c2ccccc2)c1. The standard InChI is InChI=1S/C27H29NO6S/c1-2-33-27(30)18-16-22-10-6-7-14-26(22)34-20-24(29)17-15-21-9-8-11-23(19-21)28-35(31,32)25-12-4-3-5-13-25/h3-15,17,19,24,28-29H,2,16,18,20H2,1H3/b17-15+. The second-order valence-electron chi connectivity index (χ2n) is 7.69. The number of para-hydroxylation sites is 1. The van der Waals surface area contributed by atoms with Crippen molar-refractivity contribution in [1.29, 1.82) is 0 Å². The highest BCUT2D eigenvalue weighted by atomic mass is 32.2. The summed E-state index contributed by atoms with van der Waals surface area (Å²) in [6, 6.07) is 22.3. The minimum Gasteiger partial charge on any atom is -0.490 e. The van der Waals surface area contributed by atoms with E-state index in [0.717, 1.165) is 5.56 Å². The van der Waals surface area contributed by atoms with Gasteiger partial charge in [0.25, 0.3) is 10.0 Å². The van der Waals surface area contributed by atoms with Gasteiger partial charge in [-0.15, -0.1) is 0 Å². The third-order valence-corrected chi connectivity index (χ3v) is 6.39. The molecule has 1 atom stereocenters. The topological polar surface area (TPSA) is 102 Å². The molecule has 0 saturated heterocycles. The minimum atomic E-state index is -3.69. The van der Waals surface area contributed by atoms with E-state index in [-0.39, 0.29) is 23.9 Å². The summed E-state index contributed by atoms with van der Waals surface area (Å²) in [5.41, 5.74) is 1.99. The van der Waals surface area contributed by atoms with Gasteiger partial charge in [0, 0.05) is 12.1 Å². The van der Waals surface area contributed by atoms with E-state index in [1.165, 1.54) is 12.1 Å². The fourth-order valence-corrected chi connectivity index (χ4v) is 4.36. The first-order valence-electron chi connectivity index (χ1n) is 11.3. The van der Waals surface area contributed by atoms with Crippen molar-refractivity contribution >= 4 is 27.8 Å². The van der Waals surface area contributed by atoms with Gasteiger partial charge in [0.1, 0.15) is 18.5 Å². The zero-order valence-corrected chi connectivity index (χ0v) is 20.3. The number of rotatable bonds is 12. The van der Waals surface area contributed by atoms with Crippen molar-refractivity contribution in [2.24, 2.45) is 0 Å². The molecule has 0 aromatic heterocycles. The van der Waals surface area contributed by atoms with Gasteiger partial charge in [0.2, 0.25) is 0 Å². The maximum absolute atomic E-state index is 12.5. The number of esters is 1. The molecule has 1 unspecified atom stereocenters. The van der Waals surface area contributed by atoms with E-state index in [1.54, 1.807) is 67.6 Å². The smallest absolute Gasteiger partial charge is 0.306 e. The van der Waals surface area contributed by atoms with Crippen LogP contribution in [0, 0.1) is 0 Å². The van der Waals surface area contributed by atoms with E-state index in [4.69, 9.17) is 9.47 Å². The average molecular weight is 496 g/mol. The third kappa shape index (κ3) is 8.27. The van der Waals surface area contributed by atoms with Crippen molar-refractivity contribution in [1.82, 2.24) is 0 Å². The van der Waals surface area contributed by atoms with Crippen LogP contribution in [0.15, 0.2) is 89.8 Å². The molecule has 0 spiro atoms. The van der Waals surface area contributed by atoms with E-state index in [1.807, 2.05) is 18.2 Å². The fraction of sp³-hybridized carbons (Fsp3) is 0.222. The van der Waals surface area contributed by atoms with Gasteiger partial charge in [-0.2, -0.15) is 0 Å². The molecule has 0 aliphatic rings. The van der Waals surface area contributed by atoms with Gasteiger partial charge < -0.3 is 14.6 Å². The lowest BCUT2D eigenvalue weighted by Gasteiger charge is -2.13. The molecule has 0 fully saturated rings. The Hall–Kier alpha value is -3.62. The van der Waals surface area contributed by atoms with Crippen LogP contribution in [-0.4, -0.2) is 38.8 Å². The Morgan fingerprint density at radius 1 is 1.03 bits per heavy atom.